The predicted molar refractivity (Wildman–Crippen MR) is 164 cm³/mol. The molecule has 1 heterocycles. The van der Waals surface area contributed by atoms with Crippen molar-refractivity contribution in [1.82, 2.24) is 10.3 Å². The summed E-state index contributed by atoms with van der Waals surface area (Å²) in [5.41, 5.74) is 5.08. The molecule has 0 aliphatic rings. The monoisotopic (exact) mass is 649 g/mol. The number of pyridine rings is 1. The maximum atomic E-state index is 15.9. The highest BCUT2D eigenvalue weighted by atomic mass is 19.1. The van der Waals surface area contributed by atoms with E-state index >= 15 is 8.78 Å². The number of ether oxygens (including phenoxy) is 2. The van der Waals surface area contributed by atoms with Gasteiger partial charge in [-0.1, -0.05) is 42.5 Å². The zero-order valence-electron chi connectivity index (χ0n) is 24.7. The molecule has 0 saturated heterocycles. The van der Waals surface area contributed by atoms with E-state index in [1.807, 2.05) is 30.3 Å². The number of hydrogen-bond acceptors (Lipinski definition) is 9. The zero-order valence-corrected chi connectivity index (χ0v) is 24.7. The summed E-state index contributed by atoms with van der Waals surface area (Å²) in [7, 11) is 0. The smallest absolute Gasteiger partial charge is 0.353 e. The lowest BCUT2D eigenvalue weighted by molar-refractivity contribution is -0.147. The molecule has 8 N–H and O–H groups in total. The van der Waals surface area contributed by atoms with E-state index in [4.69, 9.17) is 25.7 Å². The van der Waals surface area contributed by atoms with E-state index in [0.717, 1.165) is 23.8 Å². The van der Waals surface area contributed by atoms with Crippen LogP contribution in [0.4, 0.5) is 14.5 Å². The van der Waals surface area contributed by atoms with Crippen LogP contribution in [0, 0.1) is 17.0 Å². The van der Waals surface area contributed by atoms with E-state index in [2.05, 4.69) is 10.3 Å². The number of anilines is 1. The second-order valence-corrected chi connectivity index (χ2v) is 10.2. The minimum absolute atomic E-state index is 0.00475. The Kier molecular flexibility index (Phi) is 10.6. The Bertz CT molecular complexity index is 1820. The molecule has 4 aromatic rings. The molecule has 1 aromatic heterocycles. The molecule has 2 atom stereocenters. The van der Waals surface area contributed by atoms with Crippen molar-refractivity contribution >= 4 is 29.4 Å². The fourth-order valence-electron chi connectivity index (χ4n) is 4.25. The van der Waals surface area contributed by atoms with E-state index in [1.165, 1.54) is 24.3 Å². The van der Waals surface area contributed by atoms with Gasteiger partial charge in [0.2, 0.25) is 17.9 Å². The van der Waals surface area contributed by atoms with Gasteiger partial charge in [-0.2, -0.15) is 13.8 Å². The summed E-state index contributed by atoms with van der Waals surface area (Å²) in [5, 5.41) is 40.2. The van der Waals surface area contributed by atoms with Crippen molar-refractivity contribution in [3.63, 3.8) is 0 Å². The maximum absolute atomic E-state index is 15.9. The highest BCUT2D eigenvalue weighted by Gasteiger charge is 2.27. The summed E-state index contributed by atoms with van der Waals surface area (Å²) in [6.07, 6.45) is -1.22. The fourth-order valence-corrected chi connectivity index (χ4v) is 4.25. The lowest BCUT2D eigenvalue weighted by atomic mass is 10.1. The topological polar surface area (TPSA) is 217 Å². The number of carbonyl (C=O) groups excluding carboxylic acids is 1. The normalized spacial score (nSPS) is 12.0. The first kappa shape index (κ1) is 33.8. The lowest BCUT2D eigenvalue weighted by Gasteiger charge is -2.19. The highest BCUT2D eigenvalue weighted by molar-refractivity contribution is 6.00. The van der Waals surface area contributed by atoms with Gasteiger partial charge < -0.3 is 41.2 Å². The number of aromatic nitrogens is 1. The first-order valence-corrected chi connectivity index (χ1v) is 13.9. The van der Waals surface area contributed by atoms with Crippen molar-refractivity contribution in [3.8, 4) is 23.3 Å². The number of hydrogen-bond donors (Lipinski definition) is 7. The number of amides is 1. The van der Waals surface area contributed by atoms with Crippen LogP contribution in [0.25, 0.3) is 0 Å². The van der Waals surface area contributed by atoms with Crippen LogP contribution in [-0.2, 0) is 11.2 Å². The number of aliphatic hydroxyl groups is 1. The molecule has 0 aliphatic carbocycles. The van der Waals surface area contributed by atoms with Gasteiger partial charge in [-0.3, -0.25) is 10.2 Å². The quantitative estimate of drug-likeness (QED) is 0.0573. The zero-order chi connectivity index (χ0) is 34.2. The van der Waals surface area contributed by atoms with Crippen LogP contribution in [0.3, 0.4) is 0 Å². The van der Waals surface area contributed by atoms with Crippen molar-refractivity contribution in [1.29, 1.82) is 5.41 Å². The molecule has 0 fully saturated rings. The average Bonchev–Trinajstić information content (AvgIpc) is 3.04. The second kappa shape index (κ2) is 14.8. The number of carbonyl (C=O) groups is 3. The molecule has 13 nitrogen and oxygen atoms in total. The number of aliphatic carboxylic acids is 1. The van der Waals surface area contributed by atoms with Crippen LogP contribution in [0.2, 0.25) is 0 Å². The SMILES string of the molecule is CC(CCc1ccccc1)Nc1c(F)c(Oc2cccc(C(=N)N)c2)nc(Oc2ccc(C(=O)N[C@H](O)C(=O)O)cc2C(=O)O)c1F. The first-order valence-electron chi connectivity index (χ1n) is 13.9. The van der Waals surface area contributed by atoms with E-state index < -0.39 is 70.5 Å². The molecule has 15 heteroatoms. The van der Waals surface area contributed by atoms with Gasteiger partial charge in [0.25, 0.3) is 17.7 Å². The molecular weight excluding hydrogens is 620 g/mol. The lowest BCUT2D eigenvalue weighted by Crippen LogP contribution is -2.40. The number of benzene rings is 3. The van der Waals surface area contributed by atoms with Gasteiger partial charge in [0.1, 0.15) is 28.6 Å². The summed E-state index contributed by atoms with van der Waals surface area (Å²) in [6.45, 7) is 1.70. The van der Waals surface area contributed by atoms with Gasteiger partial charge in [0, 0.05) is 17.2 Å². The number of aryl methyl sites for hydroxylation is 1. The predicted octanol–water partition coefficient (Wildman–Crippen LogP) is 4.49. The molecule has 0 aliphatic heterocycles. The van der Waals surface area contributed by atoms with Gasteiger partial charge in [0.05, 0.1) is 0 Å². The number of halogens is 2. The molecule has 47 heavy (non-hydrogen) atoms. The van der Waals surface area contributed by atoms with Gasteiger partial charge in [-0.25, -0.2) is 9.59 Å². The second-order valence-electron chi connectivity index (χ2n) is 10.2. The Balaban J connectivity index is 1.71. The average molecular weight is 650 g/mol. The minimum Gasteiger partial charge on any atom is -0.478 e. The van der Waals surface area contributed by atoms with E-state index in [-0.39, 0.29) is 22.7 Å². The van der Waals surface area contributed by atoms with Gasteiger partial charge >= 0.3 is 11.9 Å². The highest BCUT2D eigenvalue weighted by Crippen LogP contribution is 2.37. The summed E-state index contributed by atoms with van der Waals surface area (Å²) in [4.78, 5) is 39.1. The number of nitrogen functional groups attached to an aromatic ring is 1. The third kappa shape index (κ3) is 8.55. The van der Waals surface area contributed by atoms with Crippen LogP contribution in [0.1, 0.15) is 45.2 Å². The number of rotatable bonds is 14. The number of carboxylic acids is 2. The molecule has 0 saturated carbocycles. The van der Waals surface area contributed by atoms with Crippen LogP contribution in [0.15, 0.2) is 72.8 Å². The van der Waals surface area contributed by atoms with Gasteiger partial charge in [-0.15, -0.1) is 0 Å². The molecule has 4 rings (SSSR count). The number of aromatic carboxylic acids is 1. The molecule has 0 radical (unpaired) electrons. The standard InChI is InChI=1S/C32H29F2N5O8/c1-16(10-11-17-6-3-2-4-7-17)37-25-23(33)29(46-20-9-5-8-18(14-20)26(35)36)39-30(24(25)34)47-22-13-12-19(15-21(22)31(42)43)27(40)38-28(41)32(44)45/h2-9,12-16,28,41H,10-11H2,1H3,(H3,35,36)(H,37,39)(H,38,40)(H,42,43)(H,44,45)/t16?,28-/m1/s1. The first-order chi connectivity index (χ1) is 22.3. The van der Waals surface area contributed by atoms with E-state index in [1.54, 1.807) is 12.2 Å². The van der Waals surface area contributed by atoms with Gasteiger partial charge in [-0.05, 0) is 55.7 Å². The largest absolute Gasteiger partial charge is 0.478 e. The summed E-state index contributed by atoms with van der Waals surface area (Å²) in [5.74, 6) is -9.50. The third-order valence-electron chi connectivity index (χ3n) is 6.66. The Morgan fingerprint density at radius 1 is 0.936 bits per heavy atom. The van der Waals surface area contributed by atoms with E-state index in [9.17, 15) is 24.6 Å². The van der Waals surface area contributed by atoms with Crippen molar-refractivity contribution in [2.24, 2.45) is 5.73 Å². The van der Waals surface area contributed by atoms with Crippen molar-refractivity contribution in [2.75, 3.05) is 5.32 Å². The Hall–Kier alpha value is -6.09. The van der Waals surface area contributed by atoms with Crippen LogP contribution in [0.5, 0.6) is 23.3 Å². The minimum atomic E-state index is -2.26. The number of aliphatic hydroxyl groups excluding tert-OH is 1. The molecule has 1 unspecified atom stereocenters. The van der Waals surface area contributed by atoms with Crippen molar-refractivity contribution < 1.29 is 48.0 Å². The Morgan fingerprint density at radius 3 is 2.26 bits per heavy atom. The van der Waals surface area contributed by atoms with Crippen molar-refractivity contribution in [2.45, 2.75) is 32.0 Å². The fraction of sp³-hybridized carbons (Fsp3) is 0.156. The van der Waals surface area contributed by atoms with Crippen LogP contribution >= 0.6 is 0 Å². The molecule has 244 valence electrons. The summed E-state index contributed by atoms with van der Waals surface area (Å²) < 4.78 is 42.8. The molecule has 0 bridgehead atoms. The molecule has 3 aromatic carbocycles. The molecular formula is C32H29F2N5O8. The summed E-state index contributed by atoms with van der Waals surface area (Å²) >= 11 is 0. The van der Waals surface area contributed by atoms with Crippen LogP contribution < -0.4 is 25.8 Å². The van der Waals surface area contributed by atoms with Crippen molar-refractivity contribution in [3.05, 3.63) is 107 Å². The Morgan fingerprint density at radius 2 is 1.62 bits per heavy atom. The third-order valence-corrected chi connectivity index (χ3v) is 6.66. The van der Waals surface area contributed by atoms with Crippen LogP contribution in [-0.4, -0.2) is 56.3 Å². The molecule has 0 spiro atoms. The Labute approximate surface area is 266 Å². The number of amidine groups is 1. The number of nitrogens with one attached hydrogen (secondary N) is 3. The van der Waals surface area contributed by atoms with Gasteiger partial charge in [0.15, 0.2) is 0 Å². The maximum Gasteiger partial charge on any atom is 0.353 e. The summed E-state index contributed by atoms with van der Waals surface area (Å²) in [6, 6.07) is 17.5. The van der Waals surface area contributed by atoms with E-state index in [0.29, 0.717) is 12.8 Å². The number of carboxylic acid groups (broad SMARTS) is 2. The number of nitrogens with two attached hydrogens (primary N) is 1. The molecule has 1 amide bonds. The number of nitrogens with zero attached hydrogens (tertiary/aromatic N) is 1.